The highest BCUT2D eigenvalue weighted by molar-refractivity contribution is 6.10. The highest BCUT2D eigenvalue weighted by Crippen LogP contribution is 2.27. The molecule has 0 N–H and O–H groups in total. The average molecular weight is 290 g/mol. The number of carbonyl (C=O) groups is 1. The molecule has 3 aromatic rings. The molecule has 0 spiro atoms. The SMILES string of the molecule is O=C(c1ccccc1)N(c1ccccc1)c1ccc([18F])cc1. The van der Waals surface area contributed by atoms with E-state index in [2.05, 4.69) is 0 Å². The molecule has 2 nitrogen and oxygen atoms in total. The summed E-state index contributed by atoms with van der Waals surface area (Å²) in [6, 6.07) is 24.3. The van der Waals surface area contributed by atoms with Gasteiger partial charge in [-0.2, -0.15) is 0 Å². The smallest absolute Gasteiger partial charge is 0.262 e. The lowest BCUT2D eigenvalue weighted by Crippen LogP contribution is -2.25. The molecule has 0 aromatic heterocycles. The fourth-order valence-corrected chi connectivity index (χ4v) is 2.26. The first-order chi connectivity index (χ1) is 10.8. The molecule has 0 saturated heterocycles. The van der Waals surface area contributed by atoms with Crippen molar-refractivity contribution in [3.05, 3.63) is 96.3 Å². The van der Waals surface area contributed by atoms with Gasteiger partial charge in [-0.05, 0) is 48.5 Å². The second kappa shape index (κ2) is 6.22. The van der Waals surface area contributed by atoms with E-state index in [0.29, 0.717) is 11.3 Å². The van der Waals surface area contributed by atoms with Gasteiger partial charge < -0.3 is 0 Å². The molecule has 0 fully saturated rings. The summed E-state index contributed by atoms with van der Waals surface area (Å²) in [6.07, 6.45) is 0. The van der Waals surface area contributed by atoms with Crippen LogP contribution >= 0.6 is 0 Å². The normalized spacial score (nSPS) is 10.2. The fourth-order valence-electron chi connectivity index (χ4n) is 2.26. The zero-order chi connectivity index (χ0) is 15.4. The quantitative estimate of drug-likeness (QED) is 0.678. The van der Waals surface area contributed by atoms with Gasteiger partial charge in [0.05, 0.1) is 0 Å². The van der Waals surface area contributed by atoms with Gasteiger partial charge in [0.1, 0.15) is 5.82 Å². The number of amides is 1. The minimum atomic E-state index is -0.330. The van der Waals surface area contributed by atoms with E-state index >= 15 is 0 Å². The van der Waals surface area contributed by atoms with Crippen molar-refractivity contribution >= 4 is 17.3 Å². The second-order valence-electron chi connectivity index (χ2n) is 4.82. The lowest BCUT2D eigenvalue weighted by molar-refractivity contribution is 0.0999. The van der Waals surface area contributed by atoms with Gasteiger partial charge in [-0.15, -0.1) is 0 Å². The molecule has 0 unspecified atom stereocenters. The van der Waals surface area contributed by atoms with E-state index in [0.717, 1.165) is 5.69 Å². The van der Waals surface area contributed by atoms with Gasteiger partial charge in [-0.3, -0.25) is 9.69 Å². The largest absolute Gasteiger partial charge is 0.277 e. The molecule has 0 aliphatic rings. The zero-order valence-corrected chi connectivity index (χ0v) is 11.8. The average Bonchev–Trinajstić information content (AvgIpc) is 2.58. The van der Waals surface area contributed by atoms with Crippen molar-refractivity contribution in [2.45, 2.75) is 0 Å². The number of anilines is 2. The second-order valence-corrected chi connectivity index (χ2v) is 4.82. The molecule has 1 amide bonds. The molecule has 0 radical (unpaired) electrons. The van der Waals surface area contributed by atoms with Crippen molar-refractivity contribution in [3.8, 4) is 0 Å². The van der Waals surface area contributed by atoms with E-state index in [1.165, 1.54) is 12.1 Å². The minimum Gasteiger partial charge on any atom is -0.277 e. The molecule has 0 aliphatic carbocycles. The minimum absolute atomic E-state index is 0.154. The van der Waals surface area contributed by atoms with Crippen LogP contribution in [0.4, 0.5) is 15.8 Å². The van der Waals surface area contributed by atoms with Crippen molar-refractivity contribution in [2.24, 2.45) is 0 Å². The maximum absolute atomic E-state index is 13.2. The third kappa shape index (κ3) is 2.88. The first-order valence-corrected chi connectivity index (χ1v) is 6.96. The van der Waals surface area contributed by atoms with Crippen LogP contribution in [-0.4, -0.2) is 5.91 Å². The van der Waals surface area contributed by atoms with Gasteiger partial charge in [0, 0.05) is 16.9 Å². The predicted octanol–water partition coefficient (Wildman–Crippen LogP) is 4.80. The third-order valence-corrected chi connectivity index (χ3v) is 3.32. The summed E-state index contributed by atoms with van der Waals surface area (Å²) in [4.78, 5) is 14.4. The molecule has 3 heteroatoms. The van der Waals surface area contributed by atoms with Gasteiger partial charge in [-0.25, -0.2) is 4.39 Å². The monoisotopic (exact) mass is 290 g/mol. The highest BCUT2D eigenvalue weighted by Gasteiger charge is 2.19. The first kappa shape index (κ1) is 14.0. The van der Waals surface area contributed by atoms with Crippen LogP contribution in [0.25, 0.3) is 0 Å². The molecule has 0 aliphatic heterocycles. The maximum Gasteiger partial charge on any atom is 0.262 e. The van der Waals surface area contributed by atoms with Crippen molar-refractivity contribution in [1.29, 1.82) is 0 Å². The summed E-state index contributed by atoms with van der Waals surface area (Å²) < 4.78 is 13.2. The summed E-state index contributed by atoms with van der Waals surface area (Å²) in [5.41, 5.74) is 1.94. The Kier molecular flexibility index (Phi) is 3.97. The van der Waals surface area contributed by atoms with Crippen LogP contribution in [-0.2, 0) is 0 Å². The van der Waals surface area contributed by atoms with Crippen LogP contribution in [0.5, 0.6) is 0 Å². The summed E-state index contributed by atoms with van der Waals surface area (Å²) in [6.45, 7) is 0. The number of hydrogen-bond acceptors (Lipinski definition) is 1. The number of para-hydroxylation sites is 1. The van der Waals surface area contributed by atoms with E-state index in [1.54, 1.807) is 29.2 Å². The Hall–Kier alpha value is -2.94. The molecule has 0 atom stereocenters. The number of nitrogens with zero attached hydrogens (tertiary/aromatic N) is 1. The Morgan fingerprint density at radius 1 is 0.682 bits per heavy atom. The summed E-state index contributed by atoms with van der Waals surface area (Å²) in [5.74, 6) is -0.484. The number of carbonyl (C=O) groups excluding carboxylic acids is 1. The third-order valence-electron chi connectivity index (χ3n) is 3.32. The number of hydrogen-bond donors (Lipinski definition) is 0. The Bertz CT molecular complexity index is 754. The zero-order valence-electron chi connectivity index (χ0n) is 11.8. The highest BCUT2D eigenvalue weighted by atomic mass is 18.2. The van der Waals surface area contributed by atoms with Crippen molar-refractivity contribution in [2.75, 3.05) is 4.90 Å². The molecular weight excluding hydrogens is 276 g/mol. The summed E-state index contributed by atoms with van der Waals surface area (Å²) in [5, 5.41) is 0. The fraction of sp³-hybridized carbons (Fsp3) is 0. The molecule has 0 heterocycles. The van der Waals surface area contributed by atoms with Crippen LogP contribution in [0.3, 0.4) is 0 Å². The van der Waals surface area contributed by atoms with Crippen LogP contribution in [0.1, 0.15) is 10.4 Å². The Morgan fingerprint density at radius 2 is 1.18 bits per heavy atom. The van der Waals surface area contributed by atoms with Gasteiger partial charge in [0.15, 0.2) is 0 Å². The van der Waals surface area contributed by atoms with Gasteiger partial charge in [-0.1, -0.05) is 36.4 Å². The van der Waals surface area contributed by atoms with E-state index in [4.69, 9.17) is 0 Å². The van der Waals surface area contributed by atoms with Crippen LogP contribution in [0.2, 0.25) is 0 Å². The Balaban J connectivity index is 2.07. The van der Waals surface area contributed by atoms with Crippen LogP contribution < -0.4 is 4.90 Å². The number of rotatable bonds is 3. The number of benzene rings is 3. The topological polar surface area (TPSA) is 20.3 Å². The van der Waals surface area contributed by atoms with E-state index in [-0.39, 0.29) is 11.7 Å². The van der Waals surface area contributed by atoms with Crippen molar-refractivity contribution in [3.63, 3.8) is 0 Å². The Labute approximate surface area is 128 Å². The van der Waals surface area contributed by atoms with Gasteiger partial charge in [0.2, 0.25) is 0 Å². The molecular formula is C19H14FNO. The molecule has 108 valence electrons. The molecule has 3 rings (SSSR count). The summed E-state index contributed by atoms with van der Waals surface area (Å²) >= 11 is 0. The maximum atomic E-state index is 13.2. The summed E-state index contributed by atoms with van der Waals surface area (Å²) in [7, 11) is 0. The molecule has 3 aromatic carbocycles. The standard InChI is InChI=1S/C19H14FNO/c20-16-11-13-18(14-12-16)21(17-9-5-2-6-10-17)19(22)15-7-3-1-4-8-15/h1-14H/i20-1. The van der Waals surface area contributed by atoms with Gasteiger partial charge in [0.25, 0.3) is 5.91 Å². The molecule has 0 bridgehead atoms. The van der Waals surface area contributed by atoms with Crippen molar-refractivity contribution < 1.29 is 9.18 Å². The first-order valence-electron chi connectivity index (χ1n) is 6.96. The molecule has 0 saturated carbocycles. The van der Waals surface area contributed by atoms with E-state index in [9.17, 15) is 9.18 Å². The molecule has 22 heavy (non-hydrogen) atoms. The Morgan fingerprint density at radius 3 is 1.77 bits per heavy atom. The van der Waals surface area contributed by atoms with Crippen LogP contribution in [0, 0.1) is 5.82 Å². The lowest BCUT2D eigenvalue weighted by atomic mass is 10.1. The predicted molar refractivity (Wildman–Crippen MR) is 85.8 cm³/mol. The van der Waals surface area contributed by atoms with Crippen LogP contribution in [0.15, 0.2) is 84.9 Å². The lowest BCUT2D eigenvalue weighted by Gasteiger charge is -2.23. The van der Waals surface area contributed by atoms with Gasteiger partial charge >= 0.3 is 0 Å². The number of halogens is 1. The van der Waals surface area contributed by atoms with Crippen molar-refractivity contribution in [1.82, 2.24) is 0 Å². The van der Waals surface area contributed by atoms with E-state index < -0.39 is 0 Å². The van der Waals surface area contributed by atoms with E-state index in [1.807, 2.05) is 48.5 Å².